The van der Waals surface area contributed by atoms with Crippen molar-refractivity contribution in [3.63, 3.8) is 0 Å². The van der Waals surface area contributed by atoms with Crippen LogP contribution in [0.3, 0.4) is 0 Å². The average molecular weight is 2100 g/mol. The minimum atomic E-state index is -3.91. The quantitative estimate of drug-likeness (QED) is 0.0114. The van der Waals surface area contributed by atoms with Gasteiger partial charge in [0.25, 0.3) is 5.91 Å². The lowest BCUT2D eigenvalue weighted by Crippen LogP contribution is -2.15. The first-order valence-electron chi connectivity index (χ1n) is 44.6. The number of nitrogen functional groups attached to an aromatic ring is 3. The van der Waals surface area contributed by atoms with Crippen LogP contribution in [-0.4, -0.2) is 90.7 Å². The van der Waals surface area contributed by atoms with Crippen LogP contribution in [-0.2, 0) is 65.6 Å². The number of sulfonamides is 3. The molecule has 16 N–H and O–H groups in total. The Bertz CT molecular complexity index is 8590. The summed E-state index contributed by atoms with van der Waals surface area (Å²) in [5.41, 5.74) is 27.7. The van der Waals surface area contributed by atoms with Gasteiger partial charge in [-0.05, 0) is 171 Å². The molecule has 0 atom stereocenters. The van der Waals surface area contributed by atoms with E-state index in [0.29, 0.717) is 134 Å². The van der Waals surface area contributed by atoms with Crippen molar-refractivity contribution in [3.8, 4) is 84.8 Å². The van der Waals surface area contributed by atoms with Crippen molar-refractivity contribution in [2.45, 2.75) is 45.3 Å². The number of fused-ring (bicyclic) bond motifs is 2. The monoisotopic (exact) mass is 2100 g/mol. The summed E-state index contributed by atoms with van der Waals surface area (Å²) in [6.07, 6.45) is 3.17. The number of amides is 1. The number of nitrogens with zero attached hydrogens (tertiary/aromatic N) is 1. The van der Waals surface area contributed by atoms with Crippen molar-refractivity contribution in [1.82, 2.24) is 4.98 Å². The van der Waals surface area contributed by atoms with E-state index in [1.54, 1.807) is 242 Å². The van der Waals surface area contributed by atoms with Crippen molar-refractivity contribution in [3.05, 3.63) is 453 Å². The fourth-order valence-electron chi connectivity index (χ4n) is 15.8. The molecule has 146 heavy (non-hydrogen) atoms. The smallest absolute Gasteiger partial charge is 0.266 e. The fraction of sp³-hybridized carbons (Fsp3) is 0.0442. The van der Waals surface area contributed by atoms with Crippen molar-refractivity contribution in [1.29, 1.82) is 10.8 Å². The molecule has 0 saturated carbocycles. The van der Waals surface area contributed by atoms with Crippen molar-refractivity contribution in [2.24, 2.45) is 26.9 Å². The molecule has 0 spiro atoms. The first kappa shape index (κ1) is 103. The highest BCUT2D eigenvalue weighted by Crippen LogP contribution is 2.39. The van der Waals surface area contributed by atoms with E-state index in [9.17, 15) is 62.8 Å². The first-order valence-corrected chi connectivity index (χ1v) is 52.8. The number of rotatable bonds is 30. The number of carbonyl (C=O) groups excluding carboxylic acids is 5. The van der Waals surface area contributed by atoms with E-state index < -0.39 is 39.9 Å². The van der Waals surface area contributed by atoms with Gasteiger partial charge in [0.15, 0.2) is 44.5 Å². The molecule has 0 aliphatic rings. The van der Waals surface area contributed by atoms with Gasteiger partial charge in [-0.3, -0.25) is 34.8 Å². The summed E-state index contributed by atoms with van der Waals surface area (Å²) in [6.45, 7) is 0. The van der Waals surface area contributed by atoms with Crippen LogP contribution >= 0.6 is 27.3 Å². The molecule has 18 rings (SSSR count). The Morgan fingerprint density at radius 3 is 1.16 bits per heavy atom. The molecular weight excluding hydrogens is 2010 g/mol. The third kappa shape index (κ3) is 26.1. The van der Waals surface area contributed by atoms with E-state index in [0.717, 1.165) is 37.1 Å². The number of nitrogens with one attached hydrogen (secondary N) is 3. The maximum Gasteiger partial charge on any atom is 0.266 e. The number of sulfone groups is 1. The van der Waals surface area contributed by atoms with E-state index in [1.807, 2.05) is 109 Å². The minimum Gasteiger partial charge on any atom is -0.504 e. The van der Waals surface area contributed by atoms with Gasteiger partial charge < -0.3 is 41.8 Å². The van der Waals surface area contributed by atoms with Crippen LogP contribution in [0.5, 0.6) is 40.2 Å². The van der Waals surface area contributed by atoms with Crippen LogP contribution in [0.15, 0.2) is 412 Å². The van der Waals surface area contributed by atoms with Crippen molar-refractivity contribution >= 4 is 141 Å². The van der Waals surface area contributed by atoms with Crippen LogP contribution in [0.4, 0.5) is 11.5 Å². The molecule has 18 aromatic rings. The lowest BCUT2D eigenvalue weighted by atomic mass is 9.99. The zero-order chi connectivity index (χ0) is 104. The Labute approximate surface area is 854 Å². The lowest BCUT2D eigenvalue weighted by Gasteiger charge is -2.13. The van der Waals surface area contributed by atoms with Gasteiger partial charge in [-0.25, -0.2) is 54.1 Å². The Morgan fingerprint density at radius 1 is 0.363 bits per heavy atom. The molecule has 0 aliphatic carbocycles. The molecule has 0 saturated heterocycles. The fourth-order valence-corrected chi connectivity index (χ4v) is 20.2. The molecule has 1 amide bonds. The van der Waals surface area contributed by atoms with Gasteiger partial charge in [0.2, 0.25) is 30.1 Å². The molecule has 0 radical (unpaired) electrons. The number of halogens is 1. The minimum absolute atomic E-state index is 0.00671. The normalized spacial score (nSPS) is 11.3. The summed E-state index contributed by atoms with van der Waals surface area (Å²) < 4.78 is 115. The third-order valence-electron chi connectivity index (χ3n) is 23.1. The zero-order valence-electron chi connectivity index (χ0n) is 77.6. The summed E-state index contributed by atoms with van der Waals surface area (Å²) in [4.78, 5) is 70.0. The molecule has 0 unspecified atom stereocenters. The molecule has 2 heterocycles. The number of carbonyl (C=O) groups is 5. The van der Waals surface area contributed by atoms with Crippen LogP contribution in [0, 0.1) is 10.8 Å². The number of thiophene rings is 1. The second-order valence-electron chi connectivity index (χ2n) is 33.3. The van der Waals surface area contributed by atoms with E-state index in [2.05, 4.69) is 26.2 Å². The molecule has 0 fully saturated rings. The topological polar surface area (TPSA) is 499 Å². The SMILES string of the molecule is CS(=O)(=O)c1ccccc1-c1ccc(C(=O)Cc2ccsc2C(=O)Nc2cccc(C(=N)N)c2)cc1.N=C(N)c1ccc(O)c(Oc2ccccc2CC(=O)c2ccc(-c3ccccc3S(N)(=O)=O)cc2)c1.NS(=O)(=O)c1ccccc1-c1ccc(C(=O)Cc2ccccc2Oc2ccc3cc(Br)ccc3c2)cc1.Nc1nccc2ccc(Oc3ccccc3CC(=O)c3ccc(-c4ccccc4S(N)(=O)=O)cc3)cc12. The van der Waals surface area contributed by atoms with Gasteiger partial charge >= 0.3 is 0 Å². The van der Waals surface area contributed by atoms with E-state index in [1.165, 1.54) is 54.0 Å². The van der Waals surface area contributed by atoms with Gasteiger partial charge in [0.1, 0.15) is 46.2 Å². The van der Waals surface area contributed by atoms with Crippen LogP contribution in [0.2, 0.25) is 0 Å². The predicted molar refractivity (Wildman–Crippen MR) is 573 cm³/mol. The van der Waals surface area contributed by atoms with Crippen molar-refractivity contribution < 1.29 is 77.0 Å². The van der Waals surface area contributed by atoms with Gasteiger partial charge in [-0.1, -0.05) is 271 Å². The molecular formula is C113H91BrN10O17S5. The number of aromatic hydroxyl groups is 1. The van der Waals surface area contributed by atoms with Gasteiger partial charge in [0.05, 0.1) is 24.5 Å². The largest absolute Gasteiger partial charge is 0.504 e. The number of para-hydroxylation sites is 3. The van der Waals surface area contributed by atoms with Gasteiger partial charge in [-0.2, -0.15) is 0 Å². The number of anilines is 2. The second kappa shape index (κ2) is 45.6. The van der Waals surface area contributed by atoms with Crippen LogP contribution < -0.4 is 52.1 Å². The second-order valence-corrected chi connectivity index (χ2v) is 41.7. The van der Waals surface area contributed by atoms with Gasteiger partial charge in [0, 0.05) is 126 Å². The number of phenols is 1. The highest BCUT2D eigenvalue weighted by Gasteiger charge is 2.25. The number of aromatic nitrogens is 1. The molecule has 16 aromatic carbocycles. The average Bonchev–Trinajstić information content (AvgIpc) is 0.923. The zero-order valence-corrected chi connectivity index (χ0v) is 83.3. The summed E-state index contributed by atoms with van der Waals surface area (Å²) in [5, 5.41) is 49.8. The van der Waals surface area contributed by atoms with Crippen LogP contribution in [0.1, 0.15) is 84.5 Å². The Morgan fingerprint density at radius 2 is 0.726 bits per heavy atom. The number of amidine groups is 2. The Hall–Kier alpha value is -16.9. The summed E-state index contributed by atoms with van der Waals surface area (Å²) in [7, 11) is -15.1. The third-order valence-corrected chi connectivity index (χ3v) is 28.6. The number of hydrogen-bond acceptors (Lipinski definition) is 22. The van der Waals surface area contributed by atoms with E-state index in [4.69, 9.17) is 57.6 Å². The molecule has 33 heteroatoms. The van der Waals surface area contributed by atoms with Crippen molar-refractivity contribution in [2.75, 3.05) is 17.3 Å². The number of hydrogen-bond donors (Lipinski definition) is 10. The first-order chi connectivity index (χ1) is 69.8. The number of ketones is 4. The number of phenolic OH excluding ortho intramolecular Hbond substituents is 1. The maximum atomic E-state index is 13.1. The standard InChI is InChI=1S/C30H22BrNO4S.C29H23N3O4S.C27H23N3O5S.C27H23N3O4S2/c31-25-15-13-23-18-26(16-14-22(23)17-25)36-29-7-3-1-5-24(29)19-28(33)21-11-9-20(10-12-21)27-6-2-4-8-30(27)37(32,34)35;30-29-25-18-23(14-13-20(25)15-16-32-29)36-27-7-3-1-5-22(27)17-26(33)21-11-9-19(10-12-21)24-6-2-4-8-28(24)37(31,34)35;28-27(29)20-13-14-22(31)25(16-20)35-24-7-3-1-5-19(24)15-23(32)18-11-9-17(10-12-18)21-6-2-4-8-26(21)36(30,33)34;1-36(33,34)24-8-3-2-7-22(24)17-9-11-18(12-10-17)23(31)16-19-13-14-35-25(19)27(32)30-21-6-4-5-20(15-21)26(28)29/h1-18H,19H2,(H2,32,34,35);1-16,18H,17H2,(H2,30,32)(H2,31,34,35);1-14,16,31H,15H2,(H3,28,29)(H2,30,33,34);2-15H,16H2,1H3,(H3,28,29)(H,30,32). The molecule has 732 valence electrons. The number of pyridine rings is 1. The maximum absolute atomic E-state index is 13.1. The molecule has 2 aromatic heterocycles. The molecule has 27 nitrogen and oxygen atoms in total. The predicted octanol–water partition coefficient (Wildman–Crippen LogP) is 21.5. The highest BCUT2D eigenvalue weighted by atomic mass is 79.9. The summed E-state index contributed by atoms with van der Waals surface area (Å²) >= 11 is 4.73. The van der Waals surface area contributed by atoms with E-state index in [-0.39, 0.29) is 97.5 Å². The highest BCUT2D eigenvalue weighted by molar-refractivity contribution is 9.10. The molecule has 0 bridgehead atoms. The van der Waals surface area contributed by atoms with Gasteiger partial charge in [-0.15, -0.1) is 11.3 Å². The summed E-state index contributed by atoms with van der Waals surface area (Å²) in [6, 6.07) is 107. The lowest BCUT2D eigenvalue weighted by molar-refractivity contribution is 0.0982. The Kier molecular flexibility index (Phi) is 32.3. The number of benzene rings is 16. The number of Topliss-reactive ketones (excluding diaryl/α,β-unsaturated/α-hetero) is 4. The molecule has 0 aliphatic heterocycles. The Balaban J connectivity index is 0.000000146. The van der Waals surface area contributed by atoms with E-state index >= 15 is 0 Å². The van der Waals surface area contributed by atoms with Crippen LogP contribution in [0.25, 0.3) is 66.1 Å². The number of nitrogens with two attached hydrogens (primary N) is 6. The summed E-state index contributed by atoms with van der Waals surface area (Å²) in [5.74, 6) is 2.10. The number of primary sulfonamides is 3. The number of ether oxygens (including phenoxy) is 3.